The lowest BCUT2D eigenvalue weighted by atomic mass is 10.1. The van der Waals surface area contributed by atoms with Crippen molar-refractivity contribution in [3.05, 3.63) is 35.6 Å². The minimum absolute atomic E-state index is 0.363. The van der Waals surface area contributed by atoms with Gasteiger partial charge in [0.25, 0.3) is 0 Å². The van der Waals surface area contributed by atoms with Crippen molar-refractivity contribution >= 4 is 6.09 Å². The molecule has 70 valence electrons. The number of ether oxygens (including phenoxy) is 1. The summed E-state index contributed by atoms with van der Waals surface area (Å²) in [5.41, 5.74) is 5.40. The van der Waals surface area contributed by atoms with Crippen LogP contribution in [0.25, 0.3) is 0 Å². The number of carbonyl (C=O) groups is 1. The van der Waals surface area contributed by atoms with Gasteiger partial charge >= 0.3 is 6.09 Å². The molecule has 0 fully saturated rings. The molecule has 0 bridgehead atoms. The molecule has 0 saturated heterocycles. The quantitative estimate of drug-likeness (QED) is 0.762. The summed E-state index contributed by atoms with van der Waals surface area (Å²) in [5, 5.41) is 0. The molecule has 1 rings (SSSR count). The summed E-state index contributed by atoms with van der Waals surface area (Å²) in [4.78, 5) is 10.4. The summed E-state index contributed by atoms with van der Waals surface area (Å²) in [5.74, 6) is -0.363. The van der Waals surface area contributed by atoms with E-state index in [1.165, 1.54) is 12.1 Å². The van der Waals surface area contributed by atoms with Crippen LogP contribution in [0.3, 0.4) is 0 Å². The normalized spacial score (nSPS) is 12.2. The van der Waals surface area contributed by atoms with Crippen molar-refractivity contribution < 1.29 is 13.9 Å². The molecule has 1 amide bonds. The molecular weight excluding hydrogens is 173 g/mol. The lowest BCUT2D eigenvalue weighted by molar-refractivity contribution is 0.116. The number of carbonyl (C=O) groups excluding carboxylic acids is 1. The topological polar surface area (TPSA) is 52.3 Å². The maximum atomic E-state index is 12.7. The van der Waals surface area contributed by atoms with Crippen molar-refractivity contribution in [2.24, 2.45) is 5.73 Å². The zero-order chi connectivity index (χ0) is 9.84. The number of halogens is 1. The third-order valence-corrected chi connectivity index (χ3v) is 1.61. The Morgan fingerprint density at radius 1 is 1.62 bits per heavy atom. The van der Waals surface area contributed by atoms with Crippen LogP contribution >= 0.6 is 0 Å². The van der Waals surface area contributed by atoms with E-state index in [4.69, 9.17) is 5.73 Å². The Bertz CT molecular complexity index is 314. The van der Waals surface area contributed by atoms with Gasteiger partial charge in [0.2, 0.25) is 0 Å². The van der Waals surface area contributed by atoms with E-state index in [1.807, 2.05) is 0 Å². The molecule has 1 aromatic rings. The molecule has 0 aliphatic carbocycles. The first-order valence-corrected chi connectivity index (χ1v) is 3.81. The summed E-state index contributed by atoms with van der Waals surface area (Å²) >= 11 is 0. The van der Waals surface area contributed by atoms with Gasteiger partial charge in [0.15, 0.2) is 0 Å². The number of amides is 1. The molecule has 0 aliphatic rings. The maximum absolute atomic E-state index is 12.7. The highest BCUT2D eigenvalue weighted by atomic mass is 19.1. The van der Waals surface area contributed by atoms with Crippen LogP contribution in [0.1, 0.15) is 18.6 Å². The Hall–Kier alpha value is -1.58. The third kappa shape index (κ3) is 2.74. The van der Waals surface area contributed by atoms with Gasteiger partial charge in [0.05, 0.1) is 0 Å². The molecule has 2 N–H and O–H groups in total. The first-order chi connectivity index (χ1) is 6.09. The van der Waals surface area contributed by atoms with Crippen LogP contribution in [0.2, 0.25) is 0 Å². The summed E-state index contributed by atoms with van der Waals surface area (Å²) < 4.78 is 17.4. The van der Waals surface area contributed by atoms with Crippen LogP contribution in [-0.2, 0) is 4.74 Å². The minimum Gasteiger partial charge on any atom is -0.442 e. The van der Waals surface area contributed by atoms with Crippen LogP contribution in [-0.4, -0.2) is 6.09 Å². The third-order valence-electron chi connectivity index (χ3n) is 1.61. The molecule has 0 heterocycles. The Morgan fingerprint density at radius 3 is 2.85 bits per heavy atom. The molecule has 13 heavy (non-hydrogen) atoms. The van der Waals surface area contributed by atoms with Crippen molar-refractivity contribution in [2.45, 2.75) is 13.0 Å². The summed E-state index contributed by atoms with van der Waals surface area (Å²) in [6, 6.07) is 5.83. The predicted octanol–water partition coefficient (Wildman–Crippen LogP) is 1.98. The van der Waals surface area contributed by atoms with E-state index in [1.54, 1.807) is 19.1 Å². The van der Waals surface area contributed by atoms with E-state index in [2.05, 4.69) is 4.74 Å². The number of rotatable bonds is 2. The van der Waals surface area contributed by atoms with Crippen molar-refractivity contribution in [3.8, 4) is 0 Å². The van der Waals surface area contributed by atoms with Gasteiger partial charge in [-0.1, -0.05) is 12.1 Å². The summed E-state index contributed by atoms with van der Waals surface area (Å²) in [6.07, 6.45) is -1.38. The van der Waals surface area contributed by atoms with Crippen molar-refractivity contribution in [3.63, 3.8) is 0 Å². The van der Waals surface area contributed by atoms with Crippen LogP contribution < -0.4 is 5.73 Å². The van der Waals surface area contributed by atoms with Crippen molar-refractivity contribution in [1.29, 1.82) is 0 Å². The van der Waals surface area contributed by atoms with Crippen molar-refractivity contribution in [1.82, 2.24) is 0 Å². The number of primary amides is 1. The summed E-state index contributed by atoms with van der Waals surface area (Å²) in [7, 11) is 0. The molecular formula is C9H10FNO2. The Balaban J connectivity index is 2.76. The van der Waals surface area contributed by atoms with E-state index in [-0.39, 0.29) is 5.82 Å². The fourth-order valence-electron chi connectivity index (χ4n) is 1.00. The van der Waals surface area contributed by atoms with Gasteiger partial charge in [-0.25, -0.2) is 9.18 Å². The molecule has 1 atom stereocenters. The Labute approximate surface area is 75.3 Å². The first kappa shape index (κ1) is 9.51. The SMILES string of the molecule is CC(OC(N)=O)c1cccc(F)c1. The highest BCUT2D eigenvalue weighted by Crippen LogP contribution is 2.16. The standard InChI is InChI=1S/C9H10FNO2/c1-6(13-9(11)12)7-3-2-4-8(10)5-7/h2-6H,1H3,(H2,11,12). The van der Waals surface area contributed by atoms with Gasteiger partial charge < -0.3 is 10.5 Å². The van der Waals surface area contributed by atoms with Crippen LogP contribution in [0.15, 0.2) is 24.3 Å². The van der Waals surface area contributed by atoms with Crippen LogP contribution in [0.4, 0.5) is 9.18 Å². The van der Waals surface area contributed by atoms with E-state index < -0.39 is 12.2 Å². The van der Waals surface area contributed by atoms with E-state index in [0.717, 1.165) is 0 Å². The predicted molar refractivity (Wildman–Crippen MR) is 45.5 cm³/mol. The maximum Gasteiger partial charge on any atom is 0.405 e. The lowest BCUT2D eigenvalue weighted by Crippen LogP contribution is -2.15. The number of nitrogens with two attached hydrogens (primary N) is 1. The van der Waals surface area contributed by atoms with Crippen LogP contribution in [0.5, 0.6) is 0 Å². The number of hydrogen-bond acceptors (Lipinski definition) is 2. The average molecular weight is 183 g/mol. The highest BCUT2D eigenvalue weighted by molar-refractivity contribution is 5.64. The molecule has 0 radical (unpaired) electrons. The largest absolute Gasteiger partial charge is 0.442 e. The van der Waals surface area contributed by atoms with Gasteiger partial charge in [0, 0.05) is 0 Å². The fourth-order valence-corrected chi connectivity index (χ4v) is 1.00. The second-order valence-electron chi connectivity index (χ2n) is 2.63. The minimum atomic E-state index is -0.864. The Kier molecular flexibility index (Phi) is 2.84. The van der Waals surface area contributed by atoms with Gasteiger partial charge in [-0.2, -0.15) is 0 Å². The molecule has 0 aliphatic heterocycles. The average Bonchev–Trinajstić information content (AvgIpc) is 2.03. The van der Waals surface area contributed by atoms with Gasteiger partial charge in [0.1, 0.15) is 11.9 Å². The highest BCUT2D eigenvalue weighted by Gasteiger charge is 2.08. The molecule has 3 nitrogen and oxygen atoms in total. The second kappa shape index (κ2) is 3.89. The second-order valence-corrected chi connectivity index (χ2v) is 2.63. The van der Waals surface area contributed by atoms with Crippen molar-refractivity contribution in [2.75, 3.05) is 0 Å². The fraction of sp³-hybridized carbons (Fsp3) is 0.222. The molecule has 1 aromatic carbocycles. The van der Waals surface area contributed by atoms with E-state index in [0.29, 0.717) is 5.56 Å². The summed E-state index contributed by atoms with van der Waals surface area (Å²) in [6.45, 7) is 1.62. The zero-order valence-corrected chi connectivity index (χ0v) is 7.16. The molecule has 0 spiro atoms. The number of benzene rings is 1. The smallest absolute Gasteiger partial charge is 0.405 e. The Morgan fingerprint density at radius 2 is 2.31 bits per heavy atom. The molecule has 1 unspecified atom stereocenters. The lowest BCUT2D eigenvalue weighted by Gasteiger charge is -2.10. The zero-order valence-electron chi connectivity index (χ0n) is 7.16. The van der Waals surface area contributed by atoms with E-state index in [9.17, 15) is 9.18 Å². The van der Waals surface area contributed by atoms with Gasteiger partial charge in [-0.15, -0.1) is 0 Å². The molecule has 0 aromatic heterocycles. The monoisotopic (exact) mass is 183 g/mol. The van der Waals surface area contributed by atoms with Crippen LogP contribution in [0, 0.1) is 5.82 Å². The van der Waals surface area contributed by atoms with Gasteiger partial charge in [-0.3, -0.25) is 0 Å². The first-order valence-electron chi connectivity index (χ1n) is 3.81. The number of hydrogen-bond donors (Lipinski definition) is 1. The van der Waals surface area contributed by atoms with E-state index >= 15 is 0 Å². The molecule has 4 heteroatoms. The van der Waals surface area contributed by atoms with Gasteiger partial charge in [-0.05, 0) is 24.6 Å². The molecule has 0 saturated carbocycles.